The van der Waals surface area contributed by atoms with Crippen LogP contribution in [0.1, 0.15) is 43.8 Å². The molecular formula is C22H31N7+2. The molecule has 1 saturated heterocycles. The lowest BCUT2D eigenvalue weighted by Gasteiger charge is -2.34. The van der Waals surface area contributed by atoms with Crippen LogP contribution in [-0.2, 0) is 5.54 Å². The minimum atomic E-state index is -0.165. The van der Waals surface area contributed by atoms with Crippen LogP contribution >= 0.6 is 0 Å². The zero-order valence-corrected chi connectivity index (χ0v) is 17.8. The van der Waals surface area contributed by atoms with Crippen molar-refractivity contribution in [3.05, 3.63) is 65.6 Å². The Morgan fingerprint density at radius 1 is 1.03 bits per heavy atom. The second-order valence-corrected chi connectivity index (χ2v) is 8.86. The Kier molecular flexibility index (Phi) is 5.32. The second kappa shape index (κ2) is 7.91. The highest BCUT2D eigenvalue weighted by molar-refractivity contribution is 5.32. The highest BCUT2D eigenvalue weighted by Gasteiger charge is 2.37. The standard InChI is InChI=1S/C22H29N7/c1-17-8-10-18(11-9-17)20(21-24-25-26-29(21)22(2,3)4)28-15-13-27(14-16-28)19-7-5-6-12-23-19/h5-12,20H,13-16H2,1-4H3/p+2/t20-/m1/s1. The molecule has 0 bridgehead atoms. The quantitative estimate of drug-likeness (QED) is 0.720. The van der Waals surface area contributed by atoms with E-state index in [1.54, 1.807) is 0 Å². The Labute approximate surface area is 172 Å². The number of aromatic amines is 1. The van der Waals surface area contributed by atoms with E-state index in [-0.39, 0.29) is 11.6 Å². The third kappa shape index (κ3) is 4.15. The van der Waals surface area contributed by atoms with Gasteiger partial charge >= 0.3 is 0 Å². The molecule has 0 amide bonds. The van der Waals surface area contributed by atoms with Crippen molar-refractivity contribution in [2.24, 2.45) is 0 Å². The Morgan fingerprint density at radius 3 is 2.38 bits per heavy atom. The summed E-state index contributed by atoms with van der Waals surface area (Å²) in [6.07, 6.45) is 1.99. The molecule has 7 heteroatoms. The van der Waals surface area contributed by atoms with E-state index in [9.17, 15) is 0 Å². The number of hydrogen-bond acceptors (Lipinski definition) is 4. The Hall–Kier alpha value is -2.80. The number of piperazine rings is 1. The molecule has 1 aromatic carbocycles. The van der Waals surface area contributed by atoms with Gasteiger partial charge in [0.05, 0.1) is 11.7 Å². The molecule has 4 rings (SSSR count). The van der Waals surface area contributed by atoms with Gasteiger partial charge in [-0.1, -0.05) is 35.9 Å². The third-order valence-corrected chi connectivity index (χ3v) is 5.65. The van der Waals surface area contributed by atoms with Crippen LogP contribution in [0.3, 0.4) is 0 Å². The maximum Gasteiger partial charge on any atom is 0.274 e. The first kappa shape index (κ1) is 19.5. The zero-order chi connectivity index (χ0) is 20.4. The van der Waals surface area contributed by atoms with E-state index in [1.165, 1.54) is 21.8 Å². The number of benzene rings is 1. The topological polar surface area (TPSA) is 65.4 Å². The van der Waals surface area contributed by atoms with Crippen LogP contribution in [0.15, 0.2) is 48.7 Å². The molecule has 2 N–H and O–H groups in total. The van der Waals surface area contributed by atoms with Gasteiger partial charge in [-0.25, -0.2) is 9.67 Å². The number of H-pyrrole nitrogens is 1. The van der Waals surface area contributed by atoms with Crippen molar-refractivity contribution in [1.82, 2.24) is 20.2 Å². The lowest BCUT2D eigenvalue weighted by atomic mass is 10.0. The molecule has 29 heavy (non-hydrogen) atoms. The fraction of sp³-hybridized carbons (Fsp3) is 0.455. The third-order valence-electron chi connectivity index (χ3n) is 5.65. The van der Waals surface area contributed by atoms with Crippen LogP contribution in [0.2, 0.25) is 0 Å². The number of nitrogens with zero attached hydrogens (tertiary/aromatic N) is 5. The molecule has 3 heterocycles. The molecule has 0 spiro atoms. The Morgan fingerprint density at radius 2 is 1.76 bits per heavy atom. The van der Waals surface area contributed by atoms with Crippen LogP contribution in [0.4, 0.5) is 5.82 Å². The fourth-order valence-corrected chi connectivity index (χ4v) is 4.08. The number of rotatable bonds is 4. The smallest absolute Gasteiger partial charge is 0.274 e. The van der Waals surface area contributed by atoms with Gasteiger partial charge in [0, 0.05) is 11.6 Å². The van der Waals surface area contributed by atoms with Gasteiger partial charge in [-0.05, 0) is 44.2 Å². The van der Waals surface area contributed by atoms with Crippen LogP contribution in [0, 0.1) is 6.92 Å². The predicted molar refractivity (Wildman–Crippen MR) is 112 cm³/mol. The largest absolute Gasteiger partial charge is 0.316 e. The molecule has 3 aromatic rings. The van der Waals surface area contributed by atoms with E-state index in [1.807, 2.05) is 16.9 Å². The van der Waals surface area contributed by atoms with Gasteiger partial charge in [-0.2, -0.15) is 0 Å². The molecule has 1 aliphatic heterocycles. The molecule has 7 nitrogen and oxygen atoms in total. The van der Waals surface area contributed by atoms with Crippen LogP contribution in [-0.4, -0.2) is 46.4 Å². The molecule has 0 unspecified atom stereocenters. The molecule has 0 saturated carbocycles. The summed E-state index contributed by atoms with van der Waals surface area (Å²) in [7, 11) is 0. The molecule has 1 fully saturated rings. The molecule has 2 aromatic heterocycles. The van der Waals surface area contributed by atoms with Gasteiger partial charge < -0.3 is 4.90 Å². The normalized spacial score (nSPS) is 16.8. The first-order chi connectivity index (χ1) is 13.9. The van der Waals surface area contributed by atoms with Gasteiger partial charge in [-0.15, -0.1) is 5.10 Å². The number of pyridine rings is 1. The number of nitrogens with one attached hydrogen (secondary N) is 2. The van der Waals surface area contributed by atoms with Gasteiger partial charge in [0.15, 0.2) is 6.04 Å². The summed E-state index contributed by atoms with van der Waals surface area (Å²) in [6, 6.07) is 15.2. The molecule has 0 radical (unpaired) electrons. The van der Waals surface area contributed by atoms with E-state index in [2.05, 4.69) is 89.5 Å². The van der Waals surface area contributed by atoms with Crippen molar-refractivity contribution in [1.29, 1.82) is 0 Å². The van der Waals surface area contributed by atoms with Gasteiger partial charge in [0.2, 0.25) is 5.82 Å². The highest BCUT2D eigenvalue weighted by atomic mass is 15.6. The lowest BCUT2D eigenvalue weighted by molar-refractivity contribution is -0.927. The van der Waals surface area contributed by atoms with Crippen LogP contribution < -0.4 is 14.8 Å². The van der Waals surface area contributed by atoms with Gasteiger partial charge in [0.1, 0.15) is 26.2 Å². The minimum absolute atomic E-state index is 0.117. The van der Waals surface area contributed by atoms with E-state index < -0.39 is 0 Å². The lowest BCUT2D eigenvalue weighted by Crippen LogP contribution is -3.15. The summed E-state index contributed by atoms with van der Waals surface area (Å²) in [5, 5.41) is 12.9. The molecule has 1 aliphatic rings. The van der Waals surface area contributed by atoms with E-state index >= 15 is 0 Å². The van der Waals surface area contributed by atoms with Gasteiger partial charge in [0.25, 0.3) is 5.82 Å². The Balaban J connectivity index is 1.64. The summed E-state index contributed by atoms with van der Waals surface area (Å²) in [5.74, 6) is 2.12. The number of quaternary nitrogens is 1. The summed E-state index contributed by atoms with van der Waals surface area (Å²) in [5.41, 5.74) is 2.37. The number of anilines is 1. The summed E-state index contributed by atoms with van der Waals surface area (Å²) in [4.78, 5) is 7.28. The van der Waals surface area contributed by atoms with Crippen LogP contribution in [0.5, 0.6) is 0 Å². The minimum Gasteiger partial charge on any atom is -0.316 e. The fourth-order valence-electron chi connectivity index (χ4n) is 4.08. The number of hydrogen-bond donors (Lipinski definition) is 1. The van der Waals surface area contributed by atoms with Crippen molar-refractivity contribution >= 4 is 5.82 Å². The molecular weight excluding hydrogens is 362 g/mol. The molecule has 0 aliphatic carbocycles. The van der Waals surface area contributed by atoms with Gasteiger partial charge in [-0.3, -0.25) is 4.90 Å². The molecule has 1 atom stereocenters. The number of aryl methyl sites for hydroxylation is 1. The van der Waals surface area contributed by atoms with Crippen molar-refractivity contribution in [2.45, 2.75) is 39.3 Å². The van der Waals surface area contributed by atoms with Crippen LogP contribution in [0.25, 0.3) is 0 Å². The van der Waals surface area contributed by atoms with Crippen molar-refractivity contribution in [2.75, 3.05) is 31.1 Å². The van der Waals surface area contributed by atoms with Crippen molar-refractivity contribution < 1.29 is 9.88 Å². The van der Waals surface area contributed by atoms with E-state index in [0.29, 0.717) is 0 Å². The first-order valence-electron chi connectivity index (χ1n) is 10.3. The highest BCUT2D eigenvalue weighted by Crippen LogP contribution is 2.23. The average molecular weight is 394 g/mol. The van der Waals surface area contributed by atoms with Crippen molar-refractivity contribution in [3.63, 3.8) is 0 Å². The monoisotopic (exact) mass is 393 g/mol. The maximum absolute atomic E-state index is 4.50. The number of tetrazole rings is 1. The summed E-state index contributed by atoms with van der Waals surface area (Å²) >= 11 is 0. The second-order valence-electron chi connectivity index (χ2n) is 8.86. The summed E-state index contributed by atoms with van der Waals surface area (Å²) < 4.78 is 1.99. The molecule has 152 valence electrons. The summed E-state index contributed by atoms with van der Waals surface area (Å²) in [6.45, 7) is 12.6. The maximum atomic E-state index is 4.50. The SMILES string of the molecule is Cc1ccc([C@H](c2nnnn2C(C)(C)C)[NH+]2CCN(c3cccc[nH+]3)CC2)cc1. The first-order valence-corrected chi connectivity index (χ1v) is 10.3. The van der Waals surface area contributed by atoms with E-state index in [4.69, 9.17) is 0 Å². The van der Waals surface area contributed by atoms with Crippen molar-refractivity contribution in [3.8, 4) is 0 Å². The predicted octanol–water partition coefficient (Wildman–Crippen LogP) is 1.05. The van der Waals surface area contributed by atoms with E-state index in [0.717, 1.165) is 32.0 Å². The zero-order valence-electron chi connectivity index (χ0n) is 17.8. The Bertz CT molecular complexity index is 920. The average Bonchev–Trinajstić information content (AvgIpc) is 3.21. The number of aromatic nitrogens is 5.